The lowest BCUT2D eigenvalue weighted by Gasteiger charge is -2.17. The fourth-order valence-electron chi connectivity index (χ4n) is 1.63. The Morgan fingerprint density at radius 2 is 2.00 bits per heavy atom. The van der Waals surface area contributed by atoms with Gasteiger partial charge in [0.25, 0.3) is 0 Å². The molecule has 1 aromatic carbocycles. The van der Waals surface area contributed by atoms with E-state index < -0.39 is 0 Å². The van der Waals surface area contributed by atoms with Crippen LogP contribution in [0.2, 0.25) is 0 Å². The molecule has 1 unspecified atom stereocenters. The summed E-state index contributed by atoms with van der Waals surface area (Å²) in [6.07, 6.45) is 0. The maximum atomic E-state index is 9.15. The lowest BCUT2D eigenvalue weighted by molar-refractivity contribution is 0.128. The Kier molecular flexibility index (Phi) is 6.49. The van der Waals surface area contributed by atoms with Crippen molar-refractivity contribution in [1.82, 2.24) is 5.32 Å². The van der Waals surface area contributed by atoms with E-state index in [1.165, 1.54) is 0 Å². The topological polar surface area (TPSA) is 60.0 Å². The van der Waals surface area contributed by atoms with Crippen molar-refractivity contribution in [3.63, 3.8) is 0 Å². The number of hydrogen-bond donors (Lipinski definition) is 2. The van der Waals surface area contributed by atoms with Crippen LogP contribution in [0.1, 0.15) is 5.56 Å². The second-order valence-corrected chi connectivity index (χ2v) is 3.89. The van der Waals surface area contributed by atoms with Crippen molar-refractivity contribution >= 4 is 0 Å². The van der Waals surface area contributed by atoms with Crippen LogP contribution in [0.15, 0.2) is 18.2 Å². The number of ether oxygens (including phenoxy) is 3. The van der Waals surface area contributed by atoms with Crippen LogP contribution >= 0.6 is 0 Å². The van der Waals surface area contributed by atoms with Crippen LogP contribution in [0.25, 0.3) is 0 Å². The van der Waals surface area contributed by atoms with Gasteiger partial charge in [-0.15, -0.1) is 0 Å². The molecule has 0 heterocycles. The number of aliphatic hydroxyl groups excluding tert-OH is 1. The van der Waals surface area contributed by atoms with Crippen molar-refractivity contribution in [2.24, 2.45) is 0 Å². The molecule has 5 nitrogen and oxygen atoms in total. The highest BCUT2D eigenvalue weighted by atomic mass is 16.5. The SMILES string of the molecule is COCC(CO)NCc1ccc(OC)cc1OC. The highest BCUT2D eigenvalue weighted by Gasteiger charge is 2.09. The zero-order chi connectivity index (χ0) is 13.4. The van der Waals surface area contributed by atoms with Crippen LogP contribution in [0.5, 0.6) is 11.5 Å². The zero-order valence-electron chi connectivity index (χ0n) is 11.1. The Morgan fingerprint density at radius 3 is 2.56 bits per heavy atom. The molecule has 5 heteroatoms. The molecule has 18 heavy (non-hydrogen) atoms. The summed E-state index contributed by atoms with van der Waals surface area (Å²) in [6, 6.07) is 5.57. The van der Waals surface area contributed by atoms with Crippen LogP contribution in [-0.2, 0) is 11.3 Å². The van der Waals surface area contributed by atoms with Crippen LogP contribution in [0.3, 0.4) is 0 Å². The van der Waals surface area contributed by atoms with E-state index in [0.717, 1.165) is 17.1 Å². The van der Waals surface area contributed by atoms with Crippen LogP contribution in [0.4, 0.5) is 0 Å². The van der Waals surface area contributed by atoms with E-state index in [-0.39, 0.29) is 12.6 Å². The third kappa shape index (κ3) is 4.18. The molecule has 2 N–H and O–H groups in total. The van der Waals surface area contributed by atoms with Gasteiger partial charge in [0.2, 0.25) is 0 Å². The molecule has 0 aliphatic rings. The molecule has 0 fully saturated rings. The quantitative estimate of drug-likeness (QED) is 0.719. The summed E-state index contributed by atoms with van der Waals surface area (Å²) >= 11 is 0. The summed E-state index contributed by atoms with van der Waals surface area (Å²) in [4.78, 5) is 0. The number of rotatable bonds is 8. The lowest BCUT2D eigenvalue weighted by Crippen LogP contribution is -2.35. The molecule has 1 aromatic rings. The molecule has 0 amide bonds. The predicted molar refractivity (Wildman–Crippen MR) is 69.1 cm³/mol. The summed E-state index contributed by atoms with van der Waals surface area (Å²) in [5.41, 5.74) is 1.01. The van der Waals surface area contributed by atoms with E-state index in [4.69, 9.17) is 19.3 Å². The Labute approximate surface area is 108 Å². The van der Waals surface area contributed by atoms with Crippen LogP contribution in [0, 0.1) is 0 Å². The van der Waals surface area contributed by atoms with Crippen molar-refractivity contribution in [2.75, 3.05) is 34.5 Å². The van der Waals surface area contributed by atoms with Crippen LogP contribution < -0.4 is 14.8 Å². The molecule has 0 aliphatic heterocycles. The molecule has 0 aromatic heterocycles. The fourth-order valence-corrected chi connectivity index (χ4v) is 1.63. The zero-order valence-corrected chi connectivity index (χ0v) is 11.1. The second kappa shape index (κ2) is 7.92. The first-order chi connectivity index (χ1) is 8.74. The Hall–Kier alpha value is -1.30. The highest BCUT2D eigenvalue weighted by Crippen LogP contribution is 2.24. The maximum absolute atomic E-state index is 9.15. The predicted octanol–water partition coefficient (Wildman–Crippen LogP) is 0.801. The lowest BCUT2D eigenvalue weighted by atomic mass is 10.1. The standard InChI is InChI=1S/C13H21NO4/c1-16-9-11(8-15)14-7-10-4-5-12(17-2)6-13(10)18-3/h4-6,11,14-15H,7-9H2,1-3H3. The third-order valence-corrected chi connectivity index (χ3v) is 2.66. The minimum absolute atomic E-state index is 0.0340. The first-order valence-corrected chi connectivity index (χ1v) is 5.79. The molecule has 0 saturated heterocycles. The van der Waals surface area contributed by atoms with Crippen molar-refractivity contribution in [3.8, 4) is 11.5 Å². The van der Waals surface area contributed by atoms with Crippen molar-refractivity contribution < 1.29 is 19.3 Å². The monoisotopic (exact) mass is 255 g/mol. The molecule has 0 radical (unpaired) electrons. The smallest absolute Gasteiger partial charge is 0.127 e. The molecule has 0 aliphatic carbocycles. The number of hydrogen-bond acceptors (Lipinski definition) is 5. The summed E-state index contributed by atoms with van der Waals surface area (Å²) < 4.78 is 15.4. The van der Waals surface area contributed by atoms with Gasteiger partial charge in [-0.25, -0.2) is 0 Å². The van der Waals surface area contributed by atoms with Crippen molar-refractivity contribution in [1.29, 1.82) is 0 Å². The van der Waals surface area contributed by atoms with E-state index in [0.29, 0.717) is 13.2 Å². The van der Waals surface area contributed by atoms with Crippen molar-refractivity contribution in [2.45, 2.75) is 12.6 Å². The normalized spacial score (nSPS) is 12.2. The van der Waals surface area contributed by atoms with E-state index >= 15 is 0 Å². The molecule has 0 spiro atoms. The minimum atomic E-state index is -0.0817. The third-order valence-electron chi connectivity index (χ3n) is 2.66. The van der Waals surface area contributed by atoms with Gasteiger partial charge >= 0.3 is 0 Å². The Balaban J connectivity index is 2.65. The van der Waals surface area contributed by atoms with Gasteiger partial charge in [0.1, 0.15) is 11.5 Å². The largest absolute Gasteiger partial charge is 0.497 e. The fraction of sp³-hybridized carbons (Fsp3) is 0.538. The highest BCUT2D eigenvalue weighted by molar-refractivity contribution is 5.40. The molecule has 0 saturated carbocycles. The van der Waals surface area contributed by atoms with Gasteiger partial charge in [-0.3, -0.25) is 0 Å². The average molecular weight is 255 g/mol. The van der Waals surface area contributed by atoms with Crippen LogP contribution in [-0.4, -0.2) is 45.7 Å². The van der Waals surface area contributed by atoms with E-state index in [1.807, 2.05) is 18.2 Å². The van der Waals surface area contributed by atoms with Gasteiger partial charge in [0.15, 0.2) is 0 Å². The minimum Gasteiger partial charge on any atom is -0.497 e. The van der Waals surface area contributed by atoms with Gasteiger partial charge < -0.3 is 24.6 Å². The summed E-state index contributed by atoms with van der Waals surface area (Å²) in [5.74, 6) is 1.52. The molecule has 0 bridgehead atoms. The summed E-state index contributed by atoms with van der Waals surface area (Å²) in [6.45, 7) is 1.10. The number of nitrogens with one attached hydrogen (secondary N) is 1. The number of aliphatic hydroxyl groups is 1. The average Bonchev–Trinajstić information content (AvgIpc) is 2.43. The van der Waals surface area contributed by atoms with E-state index in [9.17, 15) is 0 Å². The van der Waals surface area contributed by atoms with Gasteiger partial charge in [-0.05, 0) is 6.07 Å². The van der Waals surface area contributed by atoms with E-state index in [2.05, 4.69) is 5.32 Å². The van der Waals surface area contributed by atoms with Crippen molar-refractivity contribution in [3.05, 3.63) is 23.8 Å². The summed E-state index contributed by atoms with van der Waals surface area (Å²) in [7, 11) is 4.85. The van der Waals surface area contributed by atoms with E-state index in [1.54, 1.807) is 21.3 Å². The molecular weight excluding hydrogens is 234 g/mol. The van der Waals surface area contributed by atoms with Gasteiger partial charge in [0, 0.05) is 25.3 Å². The first kappa shape index (κ1) is 14.8. The number of methoxy groups -OCH3 is 3. The molecule has 102 valence electrons. The molecular formula is C13H21NO4. The Bertz CT molecular complexity index is 357. The van der Waals surface area contributed by atoms with Gasteiger partial charge in [-0.2, -0.15) is 0 Å². The second-order valence-electron chi connectivity index (χ2n) is 3.89. The van der Waals surface area contributed by atoms with Gasteiger partial charge in [0.05, 0.1) is 33.5 Å². The Morgan fingerprint density at radius 1 is 1.22 bits per heavy atom. The first-order valence-electron chi connectivity index (χ1n) is 5.79. The summed E-state index contributed by atoms with van der Waals surface area (Å²) in [5, 5.41) is 12.4. The molecule has 1 atom stereocenters. The number of benzene rings is 1. The molecule has 1 rings (SSSR count). The van der Waals surface area contributed by atoms with Gasteiger partial charge in [-0.1, -0.05) is 6.07 Å². The maximum Gasteiger partial charge on any atom is 0.127 e.